The Morgan fingerprint density at radius 3 is 1.16 bits per heavy atom. The van der Waals surface area contributed by atoms with Crippen LogP contribution in [0.4, 0.5) is 38.5 Å². The molecule has 0 radical (unpaired) electrons. The number of sulfonamides is 6. The molecule has 0 aliphatic carbocycles. The van der Waals surface area contributed by atoms with Crippen molar-refractivity contribution in [2.24, 2.45) is 0 Å². The molecule has 0 saturated carbocycles. The standard InChI is InChI=1S/C54H34FN9O15S6/c55-42-29-41(17-20-43(42)61-54(67)45-19-6-36(31-58-45)33-7-21-48-50(27-33)84(76,77)63(82(48,72)73)40-13-9-37(10-14-40)59-52(65)32-23-25-56-26-24-32)64-83(74,75)49-22-8-34(28-51(49)85(64,78)79)35-5-18-44(57-30-35)53(66)60-38-11-15-39(16-12-38)62-80(68,69)46-3-1-2-4-47(46)81(62,70)71/h1-31H,(H,59,65)(H,60,66)(H,61,67). The molecule has 3 aliphatic rings. The van der Waals surface area contributed by atoms with Gasteiger partial charge in [0.15, 0.2) is 0 Å². The van der Waals surface area contributed by atoms with Crippen molar-refractivity contribution in [2.75, 3.05) is 27.1 Å². The van der Waals surface area contributed by atoms with Crippen LogP contribution in [0.2, 0.25) is 0 Å². The Balaban J connectivity index is 0.699. The molecule has 0 atom stereocenters. The molecule has 0 saturated heterocycles. The molecule has 9 aromatic rings. The molecule has 0 spiro atoms. The molecule has 85 heavy (non-hydrogen) atoms. The highest BCUT2D eigenvalue weighted by Crippen LogP contribution is 2.45. The van der Waals surface area contributed by atoms with Gasteiger partial charge in [-0.3, -0.25) is 29.3 Å². The number of aromatic nitrogens is 3. The number of carbonyl (C=O) groups excluding carboxylic acids is 3. The Hall–Kier alpha value is -9.79. The Labute approximate surface area is 483 Å². The van der Waals surface area contributed by atoms with Crippen LogP contribution in [0.5, 0.6) is 0 Å². The third kappa shape index (κ3) is 9.28. The van der Waals surface area contributed by atoms with Gasteiger partial charge in [-0.15, -0.1) is 0 Å². The summed E-state index contributed by atoms with van der Waals surface area (Å²) in [6.45, 7) is 0. The highest BCUT2D eigenvalue weighted by molar-refractivity contribution is 8.13. The number of benzene rings is 6. The van der Waals surface area contributed by atoms with E-state index in [1.165, 1.54) is 146 Å². The number of amides is 3. The largest absolute Gasteiger partial charge is 0.322 e. The molecule has 6 aromatic carbocycles. The van der Waals surface area contributed by atoms with Crippen LogP contribution < -0.4 is 27.1 Å². The first kappa shape index (κ1) is 55.7. The molecule has 31 heteroatoms. The Morgan fingerprint density at radius 1 is 0.365 bits per heavy atom. The van der Waals surface area contributed by atoms with Crippen LogP contribution in [0.25, 0.3) is 22.3 Å². The van der Waals surface area contributed by atoms with E-state index < -0.39 is 115 Å². The van der Waals surface area contributed by atoms with Gasteiger partial charge in [-0.25, -0.2) is 4.39 Å². The number of nitrogens with one attached hydrogen (secondary N) is 3. The number of fused-ring (bicyclic) bond motifs is 3. The predicted octanol–water partition coefficient (Wildman–Crippen LogP) is 6.79. The smallest absolute Gasteiger partial charge is 0.279 e. The number of hydrogen-bond donors (Lipinski definition) is 3. The zero-order chi connectivity index (χ0) is 60.2. The molecular weight excluding hydrogens is 1230 g/mol. The quantitative estimate of drug-likeness (QED) is 0.120. The minimum atomic E-state index is -4.95. The molecule has 24 nitrogen and oxygen atoms in total. The Morgan fingerprint density at radius 2 is 0.741 bits per heavy atom. The zero-order valence-corrected chi connectivity index (χ0v) is 47.4. The fourth-order valence-corrected chi connectivity index (χ4v) is 22.7. The van der Waals surface area contributed by atoms with Gasteiger partial charge in [0, 0.05) is 58.9 Å². The van der Waals surface area contributed by atoms with Crippen molar-refractivity contribution in [3.63, 3.8) is 0 Å². The molecule has 6 heterocycles. The van der Waals surface area contributed by atoms with Crippen molar-refractivity contribution in [1.29, 1.82) is 0 Å². The van der Waals surface area contributed by atoms with Gasteiger partial charge in [-0.05, 0) is 132 Å². The molecule has 0 unspecified atom stereocenters. The second kappa shape index (κ2) is 19.9. The highest BCUT2D eigenvalue weighted by Gasteiger charge is 2.50. The summed E-state index contributed by atoms with van der Waals surface area (Å²) in [5, 5.41) is 7.48. The van der Waals surface area contributed by atoms with E-state index in [1.807, 2.05) is 0 Å². The van der Waals surface area contributed by atoms with Gasteiger partial charge in [-0.2, -0.15) is 61.6 Å². The van der Waals surface area contributed by atoms with Gasteiger partial charge in [0.05, 0.1) is 22.7 Å². The van der Waals surface area contributed by atoms with Crippen LogP contribution >= 0.6 is 0 Å². The molecule has 12 rings (SSSR count). The summed E-state index contributed by atoms with van der Waals surface area (Å²) < 4.78 is 180. The molecule has 0 bridgehead atoms. The van der Waals surface area contributed by atoms with E-state index in [0.717, 1.165) is 36.4 Å². The van der Waals surface area contributed by atoms with E-state index in [9.17, 15) is 64.9 Å². The maximum atomic E-state index is 15.8. The summed E-state index contributed by atoms with van der Waals surface area (Å²) in [5.74, 6) is -3.44. The minimum absolute atomic E-state index is 0.0341. The zero-order valence-electron chi connectivity index (χ0n) is 42.5. The summed E-state index contributed by atoms with van der Waals surface area (Å²) in [5.41, 5.74) is -0.477. The monoisotopic (exact) mass is 1260 g/mol. The van der Waals surface area contributed by atoms with E-state index in [2.05, 4.69) is 30.9 Å². The summed E-state index contributed by atoms with van der Waals surface area (Å²) in [6.07, 6.45) is 5.25. The van der Waals surface area contributed by atoms with Crippen LogP contribution in [0.1, 0.15) is 31.3 Å². The van der Waals surface area contributed by atoms with Crippen LogP contribution in [0.15, 0.2) is 218 Å². The lowest BCUT2D eigenvalue weighted by atomic mass is 10.1. The van der Waals surface area contributed by atoms with Crippen LogP contribution in [0.3, 0.4) is 0 Å². The van der Waals surface area contributed by atoms with Gasteiger partial charge in [0.25, 0.3) is 77.9 Å². The first-order valence-electron chi connectivity index (χ1n) is 24.3. The minimum Gasteiger partial charge on any atom is -0.322 e. The van der Waals surface area contributed by atoms with Gasteiger partial charge >= 0.3 is 0 Å². The van der Waals surface area contributed by atoms with E-state index in [1.54, 1.807) is 0 Å². The van der Waals surface area contributed by atoms with Crippen molar-refractivity contribution in [3.8, 4) is 22.3 Å². The maximum absolute atomic E-state index is 15.8. The molecule has 3 N–H and O–H groups in total. The second-order valence-corrected chi connectivity index (χ2v) is 29.8. The van der Waals surface area contributed by atoms with E-state index in [-0.39, 0.29) is 73.6 Å². The molecular formula is C54H34FN9O15S6. The van der Waals surface area contributed by atoms with E-state index in [0.29, 0.717) is 15.3 Å². The summed E-state index contributed by atoms with van der Waals surface area (Å²) in [4.78, 5) is 48.1. The normalized spacial score (nSPS) is 16.8. The number of anilines is 6. The number of rotatable bonds is 11. The molecule has 428 valence electrons. The van der Waals surface area contributed by atoms with Crippen molar-refractivity contribution < 1.29 is 69.3 Å². The third-order valence-electron chi connectivity index (χ3n) is 13.4. The topological polar surface area (TPSA) is 341 Å². The van der Waals surface area contributed by atoms with E-state index in [4.69, 9.17) is 0 Å². The third-order valence-corrected chi connectivity index (χ3v) is 26.6. The first-order valence-corrected chi connectivity index (χ1v) is 33.0. The predicted molar refractivity (Wildman–Crippen MR) is 304 cm³/mol. The fraction of sp³-hybridized carbons (Fsp3) is 0. The molecule has 3 aliphatic heterocycles. The van der Waals surface area contributed by atoms with Crippen molar-refractivity contribution in [2.45, 2.75) is 29.4 Å². The number of hydrogen-bond acceptors (Lipinski definition) is 18. The van der Waals surface area contributed by atoms with Crippen LogP contribution in [0, 0.1) is 5.82 Å². The molecule has 3 amide bonds. The van der Waals surface area contributed by atoms with E-state index >= 15 is 4.39 Å². The number of pyridine rings is 3. The van der Waals surface area contributed by atoms with Gasteiger partial charge in [0.2, 0.25) is 0 Å². The SMILES string of the molecule is O=C(Nc1ccc(N2S(=O)(=O)c3ccc(-c4ccc(C(=O)Nc5ccc(N6S(=O)(=O)c7ccc(-c8ccc(C(=O)Nc9ccc(N%10S(=O)(=O)c%11ccccc%11S%10(=O)=O)cc9)nc8)cc7S6(=O)=O)cc5F)nc4)cc3S2(=O)=O)cc1)c1ccncc1. The maximum Gasteiger partial charge on any atom is 0.279 e. The lowest BCUT2D eigenvalue weighted by Gasteiger charge is -2.17. The Bertz CT molecular complexity index is 5040. The number of halogens is 1. The van der Waals surface area contributed by atoms with Crippen molar-refractivity contribution in [1.82, 2.24) is 15.0 Å². The van der Waals surface area contributed by atoms with Gasteiger partial charge in [-0.1, -0.05) is 36.4 Å². The summed E-state index contributed by atoms with van der Waals surface area (Å²) >= 11 is 0. The average molecular weight is 1260 g/mol. The highest BCUT2D eigenvalue weighted by atomic mass is 32.3. The molecule has 3 aromatic heterocycles. The van der Waals surface area contributed by atoms with Crippen LogP contribution in [-0.2, 0) is 60.1 Å². The average Bonchev–Trinajstić information content (AvgIpc) is 2.00. The summed E-state index contributed by atoms with van der Waals surface area (Å²) in [6, 6.07) is 32.9. The Kier molecular flexibility index (Phi) is 13.1. The van der Waals surface area contributed by atoms with Gasteiger partial charge in [0.1, 0.15) is 46.6 Å². The number of nitrogens with zero attached hydrogens (tertiary/aromatic N) is 6. The van der Waals surface area contributed by atoms with Crippen LogP contribution in [-0.4, -0.2) is 83.2 Å². The number of carbonyl (C=O) groups is 3. The molecule has 0 fully saturated rings. The first-order chi connectivity index (χ1) is 40.3. The van der Waals surface area contributed by atoms with Crippen molar-refractivity contribution in [3.05, 3.63) is 211 Å². The van der Waals surface area contributed by atoms with Crippen molar-refractivity contribution >= 4 is 112 Å². The lowest BCUT2D eigenvalue weighted by Crippen LogP contribution is -2.30. The summed E-state index contributed by atoms with van der Waals surface area (Å²) in [7, 11) is -28.1. The second-order valence-electron chi connectivity index (χ2n) is 18.6. The lowest BCUT2D eigenvalue weighted by molar-refractivity contribution is 0.101. The van der Waals surface area contributed by atoms with Gasteiger partial charge < -0.3 is 16.0 Å². The fourth-order valence-electron chi connectivity index (χ4n) is 9.37.